The summed E-state index contributed by atoms with van der Waals surface area (Å²) in [4.78, 5) is 23.5. The molecule has 11 nitrogen and oxygen atoms in total. The highest BCUT2D eigenvalue weighted by Gasteiger charge is 2.18. The number of hydrogen-bond donors (Lipinski definition) is 3. The standard InChI is InChI=1S/C14H17ClN6O5S/c1-9-16-12(19-14(17-9)25-2)18-13(22)21-27(23,24)20-10-5-3-4-6-11(10)26-8-7-15/h3-6,20H,7-8H2,1-2H3,(H2,16,17,18,19,21,22). The number of amides is 2. The molecule has 0 atom stereocenters. The summed E-state index contributed by atoms with van der Waals surface area (Å²) in [6.07, 6.45) is 0. The van der Waals surface area contributed by atoms with Crippen molar-refractivity contribution in [2.75, 3.05) is 29.6 Å². The number of alkyl halides is 1. The van der Waals surface area contributed by atoms with Crippen molar-refractivity contribution in [3.63, 3.8) is 0 Å². The van der Waals surface area contributed by atoms with E-state index in [9.17, 15) is 13.2 Å². The van der Waals surface area contributed by atoms with Gasteiger partial charge in [0.1, 0.15) is 18.2 Å². The van der Waals surface area contributed by atoms with E-state index in [1.54, 1.807) is 29.8 Å². The van der Waals surface area contributed by atoms with Gasteiger partial charge in [-0.05, 0) is 19.1 Å². The van der Waals surface area contributed by atoms with Gasteiger partial charge < -0.3 is 9.47 Å². The van der Waals surface area contributed by atoms with Gasteiger partial charge in [0.2, 0.25) is 5.95 Å². The van der Waals surface area contributed by atoms with Gasteiger partial charge in [-0.3, -0.25) is 10.0 Å². The molecule has 0 fully saturated rings. The summed E-state index contributed by atoms with van der Waals surface area (Å²) < 4.78 is 38.5. The third-order valence-corrected chi connectivity index (χ3v) is 3.92. The van der Waals surface area contributed by atoms with E-state index in [2.05, 4.69) is 25.0 Å². The van der Waals surface area contributed by atoms with Crippen LogP contribution in [0.1, 0.15) is 5.82 Å². The Labute approximate surface area is 160 Å². The minimum Gasteiger partial charge on any atom is -0.490 e. The molecule has 0 bridgehead atoms. The highest BCUT2D eigenvalue weighted by Crippen LogP contribution is 2.24. The summed E-state index contributed by atoms with van der Waals surface area (Å²) in [6, 6.07) is 5.20. The number of ether oxygens (including phenoxy) is 2. The molecule has 27 heavy (non-hydrogen) atoms. The first-order chi connectivity index (χ1) is 12.8. The number of methoxy groups -OCH3 is 1. The van der Waals surface area contributed by atoms with Crippen molar-refractivity contribution < 1.29 is 22.7 Å². The van der Waals surface area contributed by atoms with Crippen LogP contribution in [0.2, 0.25) is 0 Å². The summed E-state index contributed by atoms with van der Waals surface area (Å²) in [6.45, 7) is 1.75. The first kappa shape index (κ1) is 20.5. The van der Waals surface area contributed by atoms with Crippen LogP contribution in [0.3, 0.4) is 0 Å². The molecule has 2 rings (SSSR count). The summed E-state index contributed by atoms with van der Waals surface area (Å²) in [5.41, 5.74) is 0.139. The average molecular weight is 417 g/mol. The largest absolute Gasteiger partial charge is 0.490 e. The first-order valence-corrected chi connectivity index (χ1v) is 9.50. The molecule has 1 heterocycles. The second-order valence-electron chi connectivity index (χ2n) is 4.89. The third kappa shape index (κ3) is 6.42. The number of nitrogens with zero attached hydrogens (tertiary/aromatic N) is 3. The van der Waals surface area contributed by atoms with Crippen molar-refractivity contribution in [3.8, 4) is 11.8 Å². The van der Waals surface area contributed by atoms with Gasteiger partial charge in [0.25, 0.3) is 0 Å². The Bertz CT molecular complexity index is 911. The number of nitrogens with one attached hydrogen (secondary N) is 3. The van der Waals surface area contributed by atoms with Crippen LogP contribution in [0, 0.1) is 6.92 Å². The van der Waals surface area contributed by atoms with Crippen molar-refractivity contribution >= 4 is 39.5 Å². The molecule has 13 heteroatoms. The Kier molecular flexibility index (Phi) is 6.96. The average Bonchev–Trinajstić information content (AvgIpc) is 2.59. The predicted molar refractivity (Wildman–Crippen MR) is 98.5 cm³/mol. The number of urea groups is 1. The number of carbonyl (C=O) groups is 1. The fraction of sp³-hybridized carbons (Fsp3) is 0.286. The molecule has 146 valence electrons. The van der Waals surface area contributed by atoms with Crippen molar-refractivity contribution in [1.29, 1.82) is 0 Å². The van der Waals surface area contributed by atoms with Crippen LogP contribution in [0.15, 0.2) is 24.3 Å². The van der Waals surface area contributed by atoms with E-state index >= 15 is 0 Å². The summed E-state index contributed by atoms with van der Waals surface area (Å²) in [5.74, 6) is 0.611. The number of para-hydroxylation sites is 2. The first-order valence-electron chi connectivity index (χ1n) is 7.49. The lowest BCUT2D eigenvalue weighted by Crippen LogP contribution is -2.38. The maximum atomic E-state index is 12.2. The number of carbonyl (C=O) groups excluding carboxylic acids is 1. The van der Waals surface area contributed by atoms with Gasteiger partial charge in [-0.1, -0.05) is 12.1 Å². The number of rotatable bonds is 8. The molecular formula is C14H17ClN6O5S. The molecule has 2 aromatic rings. The van der Waals surface area contributed by atoms with Crippen LogP contribution in [0.5, 0.6) is 11.8 Å². The van der Waals surface area contributed by atoms with Gasteiger partial charge >= 0.3 is 22.3 Å². The quantitative estimate of drug-likeness (QED) is 0.546. The van der Waals surface area contributed by atoms with Crippen LogP contribution in [-0.4, -0.2) is 49.0 Å². The fourth-order valence-corrected chi connectivity index (χ4v) is 2.73. The highest BCUT2D eigenvalue weighted by molar-refractivity contribution is 7.91. The molecule has 1 aromatic carbocycles. The van der Waals surface area contributed by atoms with Crippen molar-refractivity contribution in [1.82, 2.24) is 19.7 Å². The van der Waals surface area contributed by atoms with Crippen LogP contribution in [-0.2, 0) is 10.2 Å². The predicted octanol–water partition coefficient (Wildman–Crippen LogP) is 1.28. The van der Waals surface area contributed by atoms with Crippen molar-refractivity contribution in [3.05, 3.63) is 30.1 Å². The van der Waals surface area contributed by atoms with E-state index in [4.69, 9.17) is 21.1 Å². The van der Waals surface area contributed by atoms with Crippen LogP contribution in [0.25, 0.3) is 0 Å². The molecule has 0 spiro atoms. The Balaban J connectivity index is 2.06. The zero-order chi connectivity index (χ0) is 19.9. The number of hydrogen-bond acceptors (Lipinski definition) is 8. The molecule has 2 amide bonds. The molecule has 0 saturated heterocycles. The zero-order valence-corrected chi connectivity index (χ0v) is 16.0. The molecule has 0 aliphatic rings. The van der Waals surface area contributed by atoms with Gasteiger partial charge in [-0.15, -0.1) is 11.6 Å². The van der Waals surface area contributed by atoms with Crippen LogP contribution >= 0.6 is 11.6 Å². The van der Waals surface area contributed by atoms with E-state index in [-0.39, 0.29) is 41.7 Å². The molecule has 0 radical (unpaired) electrons. The van der Waals surface area contributed by atoms with E-state index < -0.39 is 16.2 Å². The molecule has 1 aromatic heterocycles. The molecule has 0 unspecified atom stereocenters. The highest BCUT2D eigenvalue weighted by atomic mass is 35.5. The summed E-state index contributed by atoms with van der Waals surface area (Å²) in [7, 11) is -2.91. The SMILES string of the molecule is COc1nc(C)nc(NC(=O)NS(=O)(=O)Nc2ccccc2OCCCl)n1. The Morgan fingerprint density at radius 1 is 1.22 bits per heavy atom. The molecular weight excluding hydrogens is 400 g/mol. The topological polar surface area (TPSA) is 144 Å². The van der Waals surface area contributed by atoms with E-state index in [0.717, 1.165) is 0 Å². The zero-order valence-electron chi connectivity index (χ0n) is 14.4. The van der Waals surface area contributed by atoms with E-state index in [1.165, 1.54) is 13.2 Å². The van der Waals surface area contributed by atoms with Crippen molar-refractivity contribution in [2.45, 2.75) is 6.92 Å². The second kappa shape index (κ2) is 9.19. The Morgan fingerprint density at radius 3 is 2.67 bits per heavy atom. The molecule has 0 saturated carbocycles. The summed E-state index contributed by atoms with van der Waals surface area (Å²) in [5, 5.41) is 2.19. The number of aryl methyl sites for hydroxylation is 1. The normalized spacial score (nSPS) is 10.8. The number of halogens is 1. The molecule has 0 aliphatic carbocycles. The number of benzene rings is 1. The van der Waals surface area contributed by atoms with Gasteiger partial charge in [0.05, 0.1) is 18.7 Å². The van der Waals surface area contributed by atoms with Crippen LogP contribution in [0.4, 0.5) is 16.4 Å². The number of anilines is 2. The smallest absolute Gasteiger partial charge is 0.336 e. The van der Waals surface area contributed by atoms with Crippen LogP contribution < -0.4 is 24.2 Å². The molecule has 3 N–H and O–H groups in total. The monoisotopic (exact) mass is 416 g/mol. The lowest BCUT2D eigenvalue weighted by Gasteiger charge is -2.13. The Morgan fingerprint density at radius 2 is 1.96 bits per heavy atom. The van der Waals surface area contributed by atoms with Gasteiger partial charge in [0, 0.05) is 0 Å². The second-order valence-corrected chi connectivity index (χ2v) is 6.68. The minimum atomic E-state index is -4.25. The van der Waals surface area contributed by atoms with Gasteiger partial charge in [-0.2, -0.15) is 23.4 Å². The molecule has 0 aliphatic heterocycles. The lowest BCUT2D eigenvalue weighted by atomic mass is 10.3. The summed E-state index contributed by atoms with van der Waals surface area (Å²) >= 11 is 5.56. The van der Waals surface area contributed by atoms with Gasteiger partial charge in [0.15, 0.2) is 0 Å². The van der Waals surface area contributed by atoms with E-state index in [1.807, 2.05) is 0 Å². The van der Waals surface area contributed by atoms with Crippen molar-refractivity contribution in [2.24, 2.45) is 0 Å². The Hall–Kier alpha value is -2.86. The third-order valence-electron chi connectivity index (χ3n) is 2.83. The number of aromatic nitrogens is 3. The maximum absolute atomic E-state index is 12.2. The lowest BCUT2D eigenvalue weighted by molar-refractivity contribution is 0.256. The maximum Gasteiger partial charge on any atom is 0.336 e. The minimum absolute atomic E-state index is 0.0239. The van der Waals surface area contributed by atoms with Gasteiger partial charge in [-0.25, -0.2) is 9.52 Å². The van der Waals surface area contributed by atoms with E-state index in [0.29, 0.717) is 0 Å². The fourth-order valence-electron chi connectivity index (χ4n) is 1.85.